The van der Waals surface area contributed by atoms with Crippen molar-refractivity contribution < 1.29 is 13.9 Å². The first-order valence-corrected chi connectivity index (χ1v) is 7.26. The van der Waals surface area contributed by atoms with E-state index >= 15 is 0 Å². The molecule has 0 spiro atoms. The average molecular weight is 313 g/mol. The summed E-state index contributed by atoms with van der Waals surface area (Å²) in [7, 11) is 0. The molecule has 0 saturated heterocycles. The van der Waals surface area contributed by atoms with Crippen LogP contribution in [0.4, 0.5) is 15.8 Å². The molecule has 6 heteroatoms. The fourth-order valence-corrected chi connectivity index (χ4v) is 2.38. The van der Waals surface area contributed by atoms with Gasteiger partial charge in [0.15, 0.2) is 0 Å². The van der Waals surface area contributed by atoms with E-state index in [0.29, 0.717) is 11.1 Å². The van der Waals surface area contributed by atoms with Gasteiger partial charge >= 0.3 is 5.97 Å². The molecule has 2 heterocycles. The van der Waals surface area contributed by atoms with Crippen molar-refractivity contribution in [1.82, 2.24) is 9.97 Å². The van der Waals surface area contributed by atoms with Crippen LogP contribution in [0.5, 0.6) is 0 Å². The minimum Gasteiger partial charge on any atom is -0.461 e. The summed E-state index contributed by atoms with van der Waals surface area (Å²) < 4.78 is 19.2. The number of carbonyl (C=O) groups excluding carboxylic acids is 1. The van der Waals surface area contributed by atoms with Crippen molar-refractivity contribution in [1.29, 1.82) is 0 Å². The summed E-state index contributed by atoms with van der Waals surface area (Å²) in [5, 5.41) is 3.67. The van der Waals surface area contributed by atoms with E-state index in [1.165, 1.54) is 6.07 Å². The van der Waals surface area contributed by atoms with Crippen LogP contribution < -0.4 is 5.32 Å². The molecule has 2 N–H and O–H groups in total. The number of aromatic nitrogens is 2. The molecule has 0 radical (unpaired) electrons. The van der Waals surface area contributed by atoms with Crippen molar-refractivity contribution in [3.8, 4) is 0 Å². The van der Waals surface area contributed by atoms with Crippen LogP contribution in [-0.4, -0.2) is 22.5 Å². The van der Waals surface area contributed by atoms with Gasteiger partial charge in [-0.25, -0.2) is 9.18 Å². The molecule has 0 bridgehead atoms. The second kappa shape index (κ2) is 6.08. The highest BCUT2D eigenvalue weighted by Crippen LogP contribution is 2.31. The zero-order valence-electron chi connectivity index (χ0n) is 12.8. The summed E-state index contributed by atoms with van der Waals surface area (Å²) in [6.45, 7) is 3.80. The zero-order chi connectivity index (χ0) is 16.4. The predicted molar refractivity (Wildman–Crippen MR) is 86.5 cm³/mol. The van der Waals surface area contributed by atoms with E-state index in [4.69, 9.17) is 4.74 Å². The predicted octanol–water partition coefficient (Wildman–Crippen LogP) is 3.93. The lowest BCUT2D eigenvalue weighted by Gasteiger charge is -2.09. The van der Waals surface area contributed by atoms with Crippen molar-refractivity contribution in [3.63, 3.8) is 0 Å². The van der Waals surface area contributed by atoms with Gasteiger partial charge in [-0.3, -0.25) is 4.98 Å². The van der Waals surface area contributed by atoms with Gasteiger partial charge in [0.05, 0.1) is 23.5 Å². The molecular weight excluding hydrogens is 297 g/mol. The van der Waals surface area contributed by atoms with Gasteiger partial charge in [-0.1, -0.05) is 6.07 Å². The van der Waals surface area contributed by atoms with E-state index in [-0.39, 0.29) is 18.0 Å². The lowest BCUT2D eigenvalue weighted by atomic mass is 10.2. The van der Waals surface area contributed by atoms with Crippen molar-refractivity contribution in [3.05, 3.63) is 53.7 Å². The molecule has 118 valence electrons. The number of fused-ring (bicyclic) bond motifs is 1. The maximum Gasteiger partial charge on any atom is 0.356 e. The van der Waals surface area contributed by atoms with Gasteiger partial charge in [-0.2, -0.15) is 0 Å². The molecule has 0 amide bonds. The van der Waals surface area contributed by atoms with E-state index < -0.39 is 11.8 Å². The van der Waals surface area contributed by atoms with Gasteiger partial charge < -0.3 is 15.0 Å². The van der Waals surface area contributed by atoms with E-state index in [1.807, 2.05) is 6.92 Å². The summed E-state index contributed by atoms with van der Waals surface area (Å²) in [5.41, 5.74) is 2.52. The van der Waals surface area contributed by atoms with Crippen LogP contribution in [0.2, 0.25) is 0 Å². The molecule has 5 nitrogen and oxygen atoms in total. The van der Waals surface area contributed by atoms with Crippen molar-refractivity contribution >= 4 is 28.2 Å². The van der Waals surface area contributed by atoms with Gasteiger partial charge in [0, 0.05) is 17.8 Å². The third kappa shape index (κ3) is 2.88. The molecule has 0 aliphatic carbocycles. The van der Waals surface area contributed by atoms with Crippen LogP contribution >= 0.6 is 0 Å². The SMILES string of the molecule is CCOC(=O)c1[nH]c2ccncc2c1Nc1ccc(C)cc1F. The zero-order valence-corrected chi connectivity index (χ0v) is 12.8. The van der Waals surface area contributed by atoms with Gasteiger partial charge in [0.2, 0.25) is 0 Å². The number of rotatable bonds is 4. The number of H-pyrrole nitrogens is 1. The Balaban J connectivity index is 2.10. The van der Waals surface area contributed by atoms with E-state index in [9.17, 15) is 9.18 Å². The number of ether oxygens (including phenoxy) is 1. The molecule has 23 heavy (non-hydrogen) atoms. The highest BCUT2D eigenvalue weighted by Gasteiger charge is 2.20. The van der Waals surface area contributed by atoms with Crippen LogP contribution in [0.3, 0.4) is 0 Å². The molecule has 0 fully saturated rings. The molecule has 3 aromatic rings. The van der Waals surface area contributed by atoms with Gasteiger partial charge in [0.25, 0.3) is 0 Å². The van der Waals surface area contributed by atoms with Gasteiger partial charge in [-0.05, 0) is 37.6 Å². The Morgan fingerprint density at radius 3 is 2.96 bits per heavy atom. The lowest BCUT2D eigenvalue weighted by molar-refractivity contribution is 0.0522. The Kier molecular flexibility index (Phi) is 3.97. The van der Waals surface area contributed by atoms with Crippen LogP contribution in [0, 0.1) is 12.7 Å². The summed E-state index contributed by atoms with van der Waals surface area (Å²) in [4.78, 5) is 19.2. The van der Waals surface area contributed by atoms with Crippen LogP contribution in [0.15, 0.2) is 36.7 Å². The summed E-state index contributed by atoms with van der Waals surface area (Å²) in [6, 6.07) is 6.60. The fraction of sp³-hybridized carbons (Fsp3) is 0.176. The molecule has 1 aromatic carbocycles. The first-order chi connectivity index (χ1) is 11.1. The Bertz CT molecular complexity index is 873. The molecule has 0 unspecified atom stereocenters. The van der Waals surface area contributed by atoms with Crippen LogP contribution in [0.25, 0.3) is 10.9 Å². The lowest BCUT2D eigenvalue weighted by Crippen LogP contribution is -2.08. The number of hydrogen-bond donors (Lipinski definition) is 2. The van der Waals surface area contributed by atoms with Crippen LogP contribution in [0.1, 0.15) is 23.0 Å². The summed E-state index contributed by atoms with van der Waals surface area (Å²) >= 11 is 0. The quantitative estimate of drug-likeness (QED) is 0.716. The minimum absolute atomic E-state index is 0.245. The Labute approximate surface area is 132 Å². The first kappa shape index (κ1) is 15.0. The second-order valence-corrected chi connectivity index (χ2v) is 5.13. The maximum absolute atomic E-state index is 14.1. The molecular formula is C17H16FN3O2. The largest absolute Gasteiger partial charge is 0.461 e. The number of esters is 1. The highest BCUT2D eigenvalue weighted by atomic mass is 19.1. The maximum atomic E-state index is 14.1. The Morgan fingerprint density at radius 2 is 2.22 bits per heavy atom. The molecule has 3 rings (SSSR count). The first-order valence-electron chi connectivity index (χ1n) is 7.26. The number of aryl methyl sites for hydroxylation is 1. The van der Waals surface area contributed by atoms with Gasteiger partial charge in [-0.15, -0.1) is 0 Å². The molecule has 2 aromatic heterocycles. The summed E-state index contributed by atoms with van der Waals surface area (Å²) in [5.74, 6) is -0.892. The number of carbonyl (C=O) groups is 1. The Morgan fingerprint density at radius 1 is 1.39 bits per heavy atom. The number of hydrogen-bond acceptors (Lipinski definition) is 4. The monoisotopic (exact) mass is 313 g/mol. The fourth-order valence-electron chi connectivity index (χ4n) is 2.38. The number of nitrogens with zero attached hydrogens (tertiary/aromatic N) is 1. The van der Waals surface area contributed by atoms with E-state index in [2.05, 4.69) is 15.3 Å². The number of anilines is 2. The summed E-state index contributed by atoms with van der Waals surface area (Å²) in [6.07, 6.45) is 3.23. The Hall–Kier alpha value is -2.89. The number of benzene rings is 1. The highest BCUT2D eigenvalue weighted by molar-refractivity contribution is 6.07. The number of halogens is 1. The molecule has 0 atom stereocenters. The number of nitrogens with one attached hydrogen (secondary N) is 2. The van der Waals surface area contributed by atoms with Crippen molar-refractivity contribution in [2.45, 2.75) is 13.8 Å². The van der Waals surface area contributed by atoms with Crippen molar-refractivity contribution in [2.75, 3.05) is 11.9 Å². The van der Waals surface area contributed by atoms with Gasteiger partial charge in [0.1, 0.15) is 11.5 Å². The third-order valence-corrected chi connectivity index (χ3v) is 3.46. The van der Waals surface area contributed by atoms with Crippen LogP contribution in [-0.2, 0) is 4.74 Å². The molecule has 0 aliphatic rings. The standard InChI is InChI=1S/C17H16FN3O2/c1-3-23-17(22)16-15(11-9-19-7-6-13(11)20-16)21-14-5-4-10(2)8-12(14)18/h4-9,20-21H,3H2,1-2H3. The minimum atomic E-state index is -0.501. The van der Waals surface area contributed by atoms with E-state index in [0.717, 1.165) is 11.1 Å². The average Bonchev–Trinajstić information content (AvgIpc) is 2.89. The van der Waals surface area contributed by atoms with E-state index in [1.54, 1.807) is 37.5 Å². The number of pyridine rings is 1. The molecule has 0 saturated carbocycles. The molecule has 0 aliphatic heterocycles. The topological polar surface area (TPSA) is 67.0 Å². The van der Waals surface area contributed by atoms with Crippen molar-refractivity contribution in [2.24, 2.45) is 0 Å². The normalized spacial score (nSPS) is 10.7. The third-order valence-electron chi connectivity index (χ3n) is 3.46. The smallest absolute Gasteiger partial charge is 0.356 e. The number of aromatic amines is 1. The second-order valence-electron chi connectivity index (χ2n) is 5.13.